The van der Waals surface area contributed by atoms with Gasteiger partial charge < -0.3 is 20.5 Å². The van der Waals surface area contributed by atoms with Gasteiger partial charge in [-0.05, 0) is 30.2 Å². The molecule has 1 aliphatic carbocycles. The second-order valence-corrected chi connectivity index (χ2v) is 5.72. The molecule has 1 aromatic rings. The normalized spacial score (nSPS) is 17.0. The number of nitrogens with one attached hydrogen (secondary N) is 2. The van der Waals surface area contributed by atoms with Crippen LogP contribution in [0, 0.1) is 5.41 Å². The number of hydrogen-bond donors (Lipinski definition) is 3. The molecule has 2 rings (SSSR count). The van der Waals surface area contributed by atoms with Crippen LogP contribution in [0.4, 0.5) is 4.79 Å². The minimum absolute atomic E-state index is 0.119. The fraction of sp³-hybridized carbons (Fsp3) is 0.562. The van der Waals surface area contributed by atoms with Crippen molar-refractivity contribution in [2.24, 2.45) is 5.41 Å². The third kappa shape index (κ3) is 4.72. The van der Waals surface area contributed by atoms with Gasteiger partial charge in [0.25, 0.3) is 0 Å². The van der Waals surface area contributed by atoms with E-state index in [1.54, 1.807) is 7.11 Å². The first kappa shape index (κ1) is 15.8. The second-order valence-electron chi connectivity index (χ2n) is 5.72. The Morgan fingerprint density at radius 1 is 1.38 bits per heavy atom. The molecule has 0 heterocycles. The zero-order valence-electron chi connectivity index (χ0n) is 12.5. The standard InChI is InChI=1S/C16H24N2O3/c1-21-10-9-16(7-8-16)12-17-15(20)18-14(11-19)13-5-3-2-4-6-13/h2-6,14,19H,7-12H2,1H3,(H2,17,18,20). The van der Waals surface area contributed by atoms with Crippen molar-refractivity contribution in [2.45, 2.75) is 25.3 Å². The first-order valence-electron chi connectivity index (χ1n) is 7.38. The van der Waals surface area contributed by atoms with Crippen molar-refractivity contribution >= 4 is 6.03 Å². The van der Waals surface area contributed by atoms with E-state index < -0.39 is 0 Å². The van der Waals surface area contributed by atoms with Gasteiger partial charge in [0.2, 0.25) is 0 Å². The summed E-state index contributed by atoms with van der Waals surface area (Å²) in [6.07, 6.45) is 3.25. The van der Waals surface area contributed by atoms with E-state index in [9.17, 15) is 9.90 Å². The van der Waals surface area contributed by atoms with Crippen molar-refractivity contribution in [3.63, 3.8) is 0 Å². The lowest BCUT2D eigenvalue weighted by Crippen LogP contribution is -2.41. The van der Waals surface area contributed by atoms with E-state index in [1.165, 1.54) is 0 Å². The van der Waals surface area contributed by atoms with Crippen molar-refractivity contribution < 1.29 is 14.6 Å². The Bertz CT molecular complexity index is 446. The van der Waals surface area contributed by atoms with Gasteiger partial charge in [-0.2, -0.15) is 0 Å². The summed E-state index contributed by atoms with van der Waals surface area (Å²) in [5, 5.41) is 15.1. The van der Waals surface area contributed by atoms with Gasteiger partial charge in [0.05, 0.1) is 12.6 Å². The zero-order valence-corrected chi connectivity index (χ0v) is 12.5. The molecular formula is C16H24N2O3. The van der Waals surface area contributed by atoms with Crippen molar-refractivity contribution in [3.05, 3.63) is 35.9 Å². The molecule has 0 radical (unpaired) electrons. The number of methoxy groups -OCH3 is 1. The van der Waals surface area contributed by atoms with Crippen LogP contribution in [0.2, 0.25) is 0 Å². The largest absolute Gasteiger partial charge is 0.394 e. The van der Waals surface area contributed by atoms with Crippen molar-refractivity contribution in [2.75, 3.05) is 26.9 Å². The smallest absolute Gasteiger partial charge is 0.315 e. The van der Waals surface area contributed by atoms with Gasteiger partial charge in [-0.1, -0.05) is 30.3 Å². The second kappa shape index (κ2) is 7.43. The highest BCUT2D eigenvalue weighted by Gasteiger charge is 2.42. The highest BCUT2D eigenvalue weighted by Crippen LogP contribution is 2.48. The van der Waals surface area contributed by atoms with E-state index >= 15 is 0 Å². The molecule has 1 aliphatic rings. The number of carbonyl (C=O) groups is 1. The molecule has 1 saturated carbocycles. The maximum Gasteiger partial charge on any atom is 0.315 e. The van der Waals surface area contributed by atoms with Crippen molar-refractivity contribution in [3.8, 4) is 0 Å². The third-order valence-electron chi connectivity index (χ3n) is 4.11. The number of rotatable bonds is 8. The van der Waals surface area contributed by atoms with E-state index in [1.807, 2.05) is 30.3 Å². The number of aliphatic hydroxyl groups excluding tert-OH is 1. The Balaban J connectivity index is 1.78. The maximum absolute atomic E-state index is 12.0. The molecule has 3 N–H and O–H groups in total. The van der Waals surface area contributed by atoms with Crippen LogP contribution in [0.25, 0.3) is 0 Å². The summed E-state index contributed by atoms with van der Waals surface area (Å²) >= 11 is 0. The van der Waals surface area contributed by atoms with Gasteiger partial charge >= 0.3 is 6.03 Å². The van der Waals surface area contributed by atoms with E-state index in [-0.39, 0.29) is 24.1 Å². The van der Waals surface area contributed by atoms with Crippen LogP contribution in [0.15, 0.2) is 30.3 Å². The summed E-state index contributed by atoms with van der Waals surface area (Å²) in [5.41, 5.74) is 1.12. The molecule has 116 valence electrons. The average Bonchev–Trinajstić information content (AvgIpc) is 3.30. The average molecular weight is 292 g/mol. The van der Waals surface area contributed by atoms with Crippen molar-refractivity contribution in [1.82, 2.24) is 10.6 Å². The van der Waals surface area contributed by atoms with Crippen LogP contribution < -0.4 is 10.6 Å². The van der Waals surface area contributed by atoms with Crippen LogP contribution in [-0.2, 0) is 4.74 Å². The fourth-order valence-electron chi connectivity index (χ4n) is 2.41. The monoisotopic (exact) mass is 292 g/mol. The molecule has 0 spiro atoms. The Kier molecular flexibility index (Phi) is 5.59. The van der Waals surface area contributed by atoms with Crippen molar-refractivity contribution in [1.29, 1.82) is 0 Å². The molecule has 0 aliphatic heterocycles. The van der Waals surface area contributed by atoms with E-state index in [2.05, 4.69) is 10.6 Å². The van der Waals surface area contributed by atoms with Crippen LogP contribution in [0.3, 0.4) is 0 Å². The SMILES string of the molecule is COCCC1(CNC(=O)NC(CO)c2ccccc2)CC1. The third-order valence-corrected chi connectivity index (χ3v) is 4.11. The zero-order chi connectivity index (χ0) is 15.1. The number of ether oxygens (including phenoxy) is 1. The van der Waals surface area contributed by atoms with Gasteiger partial charge in [-0.15, -0.1) is 0 Å². The maximum atomic E-state index is 12.0. The molecule has 1 aromatic carbocycles. The minimum atomic E-state index is -0.375. The molecule has 1 unspecified atom stereocenters. The lowest BCUT2D eigenvalue weighted by Gasteiger charge is -2.19. The topological polar surface area (TPSA) is 70.6 Å². The van der Waals surface area contributed by atoms with Crippen LogP contribution >= 0.6 is 0 Å². The molecule has 1 atom stereocenters. The molecule has 5 nitrogen and oxygen atoms in total. The number of hydrogen-bond acceptors (Lipinski definition) is 3. The van der Waals surface area contributed by atoms with E-state index in [0.717, 1.165) is 31.4 Å². The lowest BCUT2D eigenvalue weighted by molar-refractivity contribution is 0.170. The predicted octanol–water partition coefficient (Wildman–Crippen LogP) is 1.84. The molecule has 0 aromatic heterocycles. The van der Waals surface area contributed by atoms with Gasteiger partial charge in [-0.25, -0.2) is 4.79 Å². The molecular weight excluding hydrogens is 268 g/mol. The fourth-order valence-corrected chi connectivity index (χ4v) is 2.41. The molecule has 0 saturated heterocycles. The Morgan fingerprint density at radius 2 is 2.10 bits per heavy atom. The first-order valence-corrected chi connectivity index (χ1v) is 7.38. The number of aliphatic hydroxyl groups is 1. The summed E-state index contributed by atoms with van der Waals surface area (Å²) < 4.78 is 5.10. The van der Waals surface area contributed by atoms with Crippen LogP contribution in [0.1, 0.15) is 30.9 Å². The van der Waals surface area contributed by atoms with E-state index in [4.69, 9.17) is 4.74 Å². The predicted molar refractivity (Wildman–Crippen MR) is 81.0 cm³/mol. The first-order chi connectivity index (χ1) is 10.2. The van der Waals surface area contributed by atoms with Gasteiger partial charge in [0.1, 0.15) is 0 Å². The number of benzene rings is 1. The Labute approximate surface area is 125 Å². The highest BCUT2D eigenvalue weighted by molar-refractivity contribution is 5.74. The van der Waals surface area contributed by atoms with Crippen LogP contribution in [0.5, 0.6) is 0 Å². The Morgan fingerprint density at radius 3 is 2.67 bits per heavy atom. The summed E-state index contributed by atoms with van der Waals surface area (Å²) in [5.74, 6) is 0. The lowest BCUT2D eigenvalue weighted by atomic mass is 10.0. The summed E-state index contributed by atoms with van der Waals surface area (Å²) in [6.45, 7) is 1.27. The molecule has 1 fully saturated rings. The number of urea groups is 1. The molecule has 21 heavy (non-hydrogen) atoms. The van der Waals surface area contributed by atoms with Gasteiger partial charge in [0, 0.05) is 20.3 Å². The minimum Gasteiger partial charge on any atom is -0.394 e. The summed E-state index contributed by atoms with van der Waals surface area (Å²) in [6, 6.07) is 8.86. The van der Waals surface area contributed by atoms with E-state index in [0.29, 0.717) is 6.54 Å². The number of amides is 2. The summed E-state index contributed by atoms with van der Waals surface area (Å²) in [4.78, 5) is 12.0. The van der Waals surface area contributed by atoms with Gasteiger partial charge in [-0.3, -0.25) is 0 Å². The summed E-state index contributed by atoms with van der Waals surface area (Å²) in [7, 11) is 1.70. The quantitative estimate of drug-likeness (QED) is 0.684. The molecule has 0 bridgehead atoms. The molecule has 5 heteroatoms. The molecule has 2 amide bonds. The Hall–Kier alpha value is -1.59. The highest BCUT2D eigenvalue weighted by atomic mass is 16.5. The van der Waals surface area contributed by atoms with Crippen LogP contribution in [-0.4, -0.2) is 38.0 Å². The number of carbonyl (C=O) groups excluding carboxylic acids is 1. The van der Waals surface area contributed by atoms with Gasteiger partial charge in [0.15, 0.2) is 0 Å².